The zero-order valence-electron chi connectivity index (χ0n) is 13.4. The molecule has 1 aromatic heterocycles. The molecule has 1 amide bonds. The van der Waals surface area contributed by atoms with Gasteiger partial charge in [-0.25, -0.2) is 4.79 Å². The summed E-state index contributed by atoms with van der Waals surface area (Å²) in [6, 6.07) is 12.3. The van der Waals surface area contributed by atoms with E-state index in [1.807, 2.05) is 6.07 Å². The van der Waals surface area contributed by atoms with Gasteiger partial charge in [0.15, 0.2) is 0 Å². The van der Waals surface area contributed by atoms with Crippen LogP contribution in [0.1, 0.15) is 15.9 Å². The van der Waals surface area contributed by atoms with E-state index >= 15 is 0 Å². The lowest BCUT2D eigenvalue weighted by Crippen LogP contribution is -2.13. The largest absolute Gasteiger partial charge is 0.508 e. The second kappa shape index (κ2) is 6.83. The molecule has 1 heterocycles. The molecule has 0 aliphatic rings. The number of phenolic OH excluding ortho intramolecular Hbond substituents is 1. The van der Waals surface area contributed by atoms with Crippen molar-refractivity contribution in [3.63, 3.8) is 0 Å². The van der Waals surface area contributed by atoms with Gasteiger partial charge in [0.2, 0.25) is 0 Å². The predicted molar refractivity (Wildman–Crippen MR) is 95.6 cm³/mol. The Morgan fingerprint density at radius 3 is 2.54 bits per heavy atom. The zero-order chi connectivity index (χ0) is 18.7. The lowest BCUT2D eigenvalue weighted by molar-refractivity contribution is -0.112. The topological polar surface area (TPSA) is 126 Å². The molecule has 7 nitrogen and oxygen atoms in total. The van der Waals surface area contributed by atoms with Gasteiger partial charge in [-0.3, -0.25) is 4.79 Å². The van der Waals surface area contributed by atoms with E-state index in [1.54, 1.807) is 12.3 Å². The number of hydrogen-bond donors (Lipinski definition) is 4. The summed E-state index contributed by atoms with van der Waals surface area (Å²) >= 11 is 0. The highest BCUT2D eigenvalue weighted by molar-refractivity contribution is 6.11. The molecular formula is C19H13N3O4. The Labute approximate surface area is 147 Å². The number of carbonyl (C=O) groups excluding carboxylic acids is 1. The number of benzene rings is 2. The second-order valence-corrected chi connectivity index (χ2v) is 5.48. The van der Waals surface area contributed by atoms with Gasteiger partial charge in [-0.15, -0.1) is 0 Å². The fraction of sp³-hybridized carbons (Fsp3) is 0. The van der Waals surface area contributed by atoms with Crippen LogP contribution in [-0.2, 0) is 4.79 Å². The Balaban J connectivity index is 1.93. The van der Waals surface area contributed by atoms with Gasteiger partial charge in [0.25, 0.3) is 5.91 Å². The number of aromatic amines is 1. The normalized spacial score (nSPS) is 11.1. The van der Waals surface area contributed by atoms with Gasteiger partial charge >= 0.3 is 5.97 Å². The van der Waals surface area contributed by atoms with Crippen LogP contribution in [0, 0.1) is 11.3 Å². The predicted octanol–water partition coefficient (Wildman–Crippen LogP) is 3.12. The van der Waals surface area contributed by atoms with Crippen LogP contribution in [-0.4, -0.2) is 27.1 Å². The van der Waals surface area contributed by atoms with E-state index in [0.717, 1.165) is 0 Å². The van der Waals surface area contributed by atoms with Crippen LogP contribution in [0.3, 0.4) is 0 Å². The molecule has 0 unspecified atom stereocenters. The van der Waals surface area contributed by atoms with Crippen molar-refractivity contribution in [3.05, 3.63) is 65.4 Å². The number of anilines is 1. The zero-order valence-corrected chi connectivity index (χ0v) is 13.4. The molecule has 0 radical (unpaired) electrons. The summed E-state index contributed by atoms with van der Waals surface area (Å²) in [4.78, 5) is 26.4. The first-order valence-electron chi connectivity index (χ1n) is 7.54. The number of carboxylic acids is 1. The van der Waals surface area contributed by atoms with Crippen molar-refractivity contribution in [1.29, 1.82) is 5.26 Å². The third-order valence-corrected chi connectivity index (χ3v) is 3.75. The standard InChI is InChI=1S/C19H13N3O4/c20-9-12(18(24)22-14-2-4-15(23)5-3-14)7-13-10-21-17-6-1-11(19(25)26)8-16(13)17/h1-8,10,21,23H,(H,22,24)(H,25,26). The molecule has 0 spiro atoms. The maximum atomic E-state index is 12.3. The molecule has 128 valence electrons. The smallest absolute Gasteiger partial charge is 0.335 e. The summed E-state index contributed by atoms with van der Waals surface area (Å²) in [6.07, 6.45) is 2.99. The number of rotatable bonds is 4. The number of amides is 1. The Bertz CT molecular complexity index is 1070. The SMILES string of the molecule is N#CC(=Cc1c[nH]c2ccc(C(=O)O)cc12)C(=O)Nc1ccc(O)cc1. The minimum absolute atomic E-state index is 0.0621. The van der Waals surface area contributed by atoms with Crippen molar-refractivity contribution in [2.75, 3.05) is 5.32 Å². The van der Waals surface area contributed by atoms with Crippen LogP contribution in [0.5, 0.6) is 5.75 Å². The van der Waals surface area contributed by atoms with Crippen LogP contribution in [0.25, 0.3) is 17.0 Å². The Morgan fingerprint density at radius 1 is 1.15 bits per heavy atom. The average Bonchev–Trinajstić information content (AvgIpc) is 3.03. The average molecular weight is 347 g/mol. The number of fused-ring (bicyclic) bond motifs is 1. The van der Waals surface area contributed by atoms with E-state index in [4.69, 9.17) is 5.11 Å². The highest BCUT2D eigenvalue weighted by Crippen LogP contribution is 2.23. The number of nitrogens with zero attached hydrogens (tertiary/aromatic N) is 1. The Kier molecular flexibility index (Phi) is 4.41. The fourth-order valence-electron chi connectivity index (χ4n) is 2.44. The van der Waals surface area contributed by atoms with E-state index < -0.39 is 11.9 Å². The van der Waals surface area contributed by atoms with Crippen molar-refractivity contribution in [2.45, 2.75) is 0 Å². The van der Waals surface area contributed by atoms with E-state index in [-0.39, 0.29) is 16.9 Å². The molecule has 0 saturated carbocycles. The lowest BCUT2D eigenvalue weighted by atomic mass is 10.1. The summed E-state index contributed by atoms with van der Waals surface area (Å²) in [6.45, 7) is 0. The van der Waals surface area contributed by atoms with E-state index in [2.05, 4.69) is 10.3 Å². The van der Waals surface area contributed by atoms with Crippen molar-refractivity contribution >= 4 is 34.5 Å². The number of H-pyrrole nitrogens is 1. The van der Waals surface area contributed by atoms with Gasteiger partial charge < -0.3 is 20.5 Å². The number of phenols is 1. The van der Waals surface area contributed by atoms with Gasteiger partial charge in [-0.05, 0) is 48.5 Å². The molecule has 0 bridgehead atoms. The number of aromatic nitrogens is 1. The molecule has 0 fully saturated rings. The minimum atomic E-state index is -1.06. The number of carbonyl (C=O) groups is 2. The van der Waals surface area contributed by atoms with Crippen LogP contribution in [0.4, 0.5) is 5.69 Å². The number of nitrogens with one attached hydrogen (secondary N) is 2. The molecule has 0 saturated heterocycles. The first kappa shape index (κ1) is 16.8. The number of aromatic hydroxyl groups is 1. The quantitative estimate of drug-likeness (QED) is 0.328. The number of nitriles is 1. The van der Waals surface area contributed by atoms with Gasteiger partial charge in [-0.1, -0.05) is 0 Å². The van der Waals surface area contributed by atoms with Gasteiger partial charge in [0, 0.05) is 28.4 Å². The minimum Gasteiger partial charge on any atom is -0.508 e. The Hall–Kier alpha value is -4.05. The van der Waals surface area contributed by atoms with Crippen LogP contribution >= 0.6 is 0 Å². The van der Waals surface area contributed by atoms with Crippen LogP contribution in [0.15, 0.2) is 54.2 Å². The fourth-order valence-corrected chi connectivity index (χ4v) is 2.44. The Morgan fingerprint density at radius 2 is 1.88 bits per heavy atom. The maximum Gasteiger partial charge on any atom is 0.335 e. The van der Waals surface area contributed by atoms with Gasteiger partial charge in [0.1, 0.15) is 17.4 Å². The van der Waals surface area contributed by atoms with Crippen molar-refractivity contribution < 1.29 is 19.8 Å². The molecular weight excluding hydrogens is 334 g/mol. The number of hydrogen-bond acceptors (Lipinski definition) is 4. The molecule has 0 aliphatic heterocycles. The number of carboxylic acid groups (broad SMARTS) is 1. The molecule has 0 atom stereocenters. The molecule has 4 N–H and O–H groups in total. The van der Waals surface area contributed by atoms with Crippen molar-refractivity contribution in [3.8, 4) is 11.8 Å². The summed E-state index contributed by atoms with van der Waals surface area (Å²) < 4.78 is 0. The molecule has 2 aromatic carbocycles. The van der Waals surface area contributed by atoms with E-state index in [9.17, 15) is 20.0 Å². The van der Waals surface area contributed by atoms with Gasteiger partial charge in [-0.2, -0.15) is 5.26 Å². The summed E-state index contributed by atoms with van der Waals surface area (Å²) in [5, 5.41) is 30.8. The van der Waals surface area contributed by atoms with E-state index in [0.29, 0.717) is 22.2 Å². The van der Waals surface area contributed by atoms with E-state index in [1.165, 1.54) is 42.5 Å². The van der Waals surface area contributed by atoms with Crippen molar-refractivity contribution in [2.24, 2.45) is 0 Å². The highest BCUT2D eigenvalue weighted by atomic mass is 16.4. The molecule has 3 aromatic rings. The highest BCUT2D eigenvalue weighted by Gasteiger charge is 2.12. The summed E-state index contributed by atoms with van der Waals surface area (Å²) in [5.41, 5.74) is 1.62. The monoisotopic (exact) mass is 347 g/mol. The lowest BCUT2D eigenvalue weighted by Gasteiger charge is -2.04. The van der Waals surface area contributed by atoms with Gasteiger partial charge in [0.05, 0.1) is 5.56 Å². The van der Waals surface area contributed by atoms with Crippen LogP contribution in [0.2, 0.25) is 0 Å². The van der Waals surface area contributed by atoms with Crippen molar-refractivity contribution in [1.82, 2.24) is 4.98 Å². The maximum absolute atomic E-state index is 12.3. The summed E-state index contributed by atoms with van der Waals surface area (Å²) in [5.74, 6) is -1.61. The molecule has 0 aliphatic carbocycles. The first-order chi connectivity index (χ1) is 12.5. The third-order valence-electron chi connectivity index (χ3n) is 3.75. The molecule has 26 heavy (non-hydrogen) atoms. The summed E-state index contributed by atoms with van der Waals surface area (Å²) in [7, 11) is 0. The molecule has 7 heteroatoms. The molecule has 3 rings (SSSR count). The third kappa shape index (κ3) is 3.39. The second-order valence-electron chi connectivity index (χ2n) is 5.48. The first-order valence-corrected chi connectivity index (χ1v) is 7.54. The number of aromatic carboxylic acids is 1. The van der Waals surface area contributed by atoms with Crippen LogP contribution < -0.4 is 5.32 Å².